The third kappa shape index (κ3) is 4.22. The first-order valence-corrected chi connectivity index (χ1v) is 7.95. The molecule has 1 aromatic carbocycles. The Labute approximate surface area is 142 Å². The van der Waals surface area contributed by atoms with Gasteiger partial charge in [0.05, 0.1) is 6.61 Å². The average Bonchev–Trinajstić information content (AvgIpc) is 3.00. The Morgan fingerprint density at radius 2 is 2.09 bits per heavy atom. The van der Waals surface area contributed by atoms with Crippen LogP contribution in [-0.4, -0.2) is 49.3 Å². The average molecular weight is 341 g/mol. The lowest BCUT2D eigenvalue weighted by atomic mass is 9.89. The molecule has 23 heavy (non-hydrogen) atoms. The maximum Gasteiger partial charge on any atom is 0.238 e. The van der Waals surface area contributed by atoms with Crippen molar-refractivity contribution in [3.8, 4) is 0 Å². The summed E-state index contributed by atoms with van der Waals surface area (Å²) in [5.41, 5.74) is 7.38. The minimum Gasteiger partial charge on any atom is -0.396 e. The van der Waals surface area contributed by atoms with Crippen molar-refractivity contribution in [1.82, 2.24) is 21.5 Å². The summed E-state index contributed by atoms with van der Waals surface area (Å²) in [5, 5.41) is 15.9. The van der Waals surface area contributed by atoms with Gasteiger partial charge in [0, 0.05) is 31.0 Å². The van der Waals surface area contributed by atoms with Crippen LogP contribution in [0.25, 0.3) is 0 Å². The van der Waals surface area contributed by atoms with Crippen molar-refractivity contribution in [3.63, 3.8) is 0 Å². The molecule has 0 aliphatic carbocycles. The van der Waals surface area contributed by atoms with E-state index in [0.717, 1.165) is 25.1 Å². The van der Waals surface area contributed by atoms with Gasteiger partial charge in [-0.05, 0) is 18.5 Å². The van der Waals surface area contributed by atoms with Gasteiger partial charge in [-0.15, -0.1) is 12.4 Å². The van der Waals surface area contributed by atoms with Crippen LogP contribution in [-0.2, 0) is 4.79 Å². The third-order valence-electron chi connectivity index (χ3n) is 4.68. The predicted molar refractivity (Wildman–Crippen MR) is 91.4 cm³/mol. The molecule has 0 radical (unpaired) electrons. The van der Waals surface area contributed by atoms with Crippen LogP contribution in [0.4, 0.5) is 0 Å². The molecule has 5 N–H and O–H groups in total. The summed E-state index contributed by atoms with van der Waals surface area (Å²) < 4.78 is 0. The Kier molecular flexibility index (Phi) is 6.80. The number of hydrogen-bond acceptors (Lipinski definition) is 5. The summed E-state index contributed by atoms with van der Waals surface area (Å²) >= 11 is 0. The van der Waals surface area contributed by atoms with E-state index in [-0.39, 0.29) is 42.8 Å². The van der Waals surface area contributed by atoms with Crippen molar-refractivity contribution < 1.29 is 9.90 Å². The first kappa shape index (κ1) is 18.2. The first-order chi connectivity index (χ1) is 10.8. The number of hydrazine groups is 1. The lowest BCUT2D eigenvalue weighted by molar-refractivity contribution is -0.124. The van der Waals surface area contributed by atoms with Crippen LogP contribution in [0.5, 0.6) is 0 Å². The third-order valence-corrected chi connectivity index (χ3v) is 4.68. The molecule has 4 unspecified atom stereocenters. The van der Waals surface area contributed by atoms with Gasteiger partial charge >= 0.3 is 0 Å². The smallest absolute Gasteiger partial charge is 0.238 e. The fourth-order valence-electron chi connectivity index (χ4n) is 3.32. The summed E-state index contributed by atoms with van der Waals surface area (Å²) in [6.45, 7) is 2.31. The zero-order valence-electron chi connectivity index (χ0n) is 13.0. The molecular formula is C16H25ClN4O2. The second-order valence-electron chi connectivity index (χ2n) is 6.06. The molecule has 128 valence electrons. The highest BCUT2D eigenvalue weighted by molar-refractivity contribution is 5.85. The summed E-state index contributed by atoms with van der Waals surface area (Å²) in [7, 11) is 0. The predicted octanol–water partition coefficient (Wildman–Crippen LogP) is -0.245. The quantitative estimate of drug-likeness (QED) is 0.510. The molecule has 6 nitrogen and oxygen atoms in total. The van der Waals surface area contributed by atoms with Crippen molar-refractivity contribution in [2.75, 3.05) is 26.2 Å². The number of nitrogens with one attached hydrogen (secondary N) is 4. The second kappa shape index (κ2) is 8.61. The number of rotatable bonds is 5. The number of hydrogen-bond donors (Lipinski definition) is 5. The minimum atomic E-state index is -0.215. The molecule has 0 spiro atoms. The number of benzene rings is 1. The van der Waals surface area contributed by atoms with Crippen LogP contribution < -0.4 is 21.5 Å². The lowest BCUT2D eigenvalue weighted by Crippen LogP contribution is -2.50. The van der Waals surface area contributed by atoms with Gasteiger partial charge in [0.2, 0.25) is 5.91 Å². The molecule has 4 atom stereocenters. The number of halogens is 1. The Bertz CT molecular complexity index is 502. The lowest BCUT2D eigenvalue weighted by Gasteiger charge is -2.27. The van der Waals surface area contributed by atoms with E-state index in [1.54, 1.807) is 0 Å². The first-order valence-electron chi connectivity index (χ1n) is 7.95. The molecule has 0 saturated carbocycles. The molecule has 7 heteroatoms. The van der Waals surface area contributed by atoms with Crippen LogP contribution in [0.2, 0.25) is 0 Å². The van der Waals surface area contributed by atoms with E-state index in [1.807, 2.05) is 30.3 Å². The normalized spacial score (nSPS) is 27.6. The van der Waals surface area contributed by atoms with Gasteiger partial charge in [-0.3, -0.25) is 10.2 Å². The van der Waals surface area contributed by atoms with E-state index in [9.17, 15) is 9.90 Å². The molecule has 3 rings (SSSR count). The molecule has 2 aliphatic heterocycles. The Morgan fingerprint density at radius 1 is 1.30 bits per heavy atom. The van der Waals surface area contributed by atoms with Gasteiger partial charge in [0.15, 0.2) is 0 Å². The van der Waals surface area contributed by atoms with Crippen molar-refractivity contribution in [2.45, 2.75) is 24.4 Å². The number of carbonyl (C=O) groups excluding carboxylic acids is 1. The molecule has 0 bridgehead atoms. The monoisotopic (exact) mass is 340 g/mol. The number of carbonyl (C=O) groups is 1. The highest BCUT2D eigenvalue weighted by atomic mass is 35.5. The Balaban J connectivity index is 0.00000192. The van der Waals surface area contributed by atoms with Crippen molar-refractivity contribution in [1.29, 1.82) is 0 Å². The fraction of sp³-hybridized carbons (Fsp3) is 0.562. The maximum atomic E-state index is 12.4. The van der Waals surface area contributed by atoms with Crippen molar-refractivity contribution >= 4 is 18.3 Å². The van der Waals surface area contributed by atoms with E-state index in [2.05, 4.69) is 21.5 Å². The van der Waals surface area contributed by atoms with Crippen LogP contribution >= 0.6 is 12.4 Å². The summed E-state index contributed by atoms with van der Waals surface area (Å²) in [6.07, 6.45) is 1.03. The largest absolute Gasteiger partial charge is 0.396 e. The number of amides is 1. The van der Waals surface area contributed by atoms with E-state index in [1.165, 1.54) is 0 Å². The van der Waals surface area contributed by atoms with Gasteiger partial charge in [-0.1, -0.05) is 30.3 Å². The number of fused-ring (bicyclic) bond motifs is 1. The van der Waals surface area contributed by atoms with Gasteiger partial charge in [0.1, 0.15) is 6.04 Å². The van der Waals surface area contributed by atoms with Crippen molar-refractivity contribution in [2.24, 2.45) is 5.92 Å². The summed E-state index contributed by atoms with van der Waals surface area (Å²) in [4.78, 5) is 12.4. The van der Waals surface area contributed by atoms with Crippen LogP contribution in [0.3, 0.4) is 0 Å². The highest BCUT2D eigenvalue weighted by Gasteiger charge is 2.41. The Hall–Kier alpha value is -1.18. The molecule has 0 aromatic heterocycles. The molecule has 2 fully saturated rings. The SMILES string of the molecule is Cl.O=C(NCC(CO)c1ccccc1)C1NNC2CCNCC21. The second-order valence-corrected chi connectivity index (χ2v) is 6.06. The van der Waals surface area contributed by atoms with Gasteiger partial charge < -0.3 is 15.7 Å². The van der Waals surface area contributed by atoms with Gasteiger partial charge in [0.25, 0.3) is 0 Å². The van der Waals surface area contributed by atoms with Crippen LogP contribution in [0, 0.1) is 5.92 Å². The number of aliphatic hydroxyl groups is 1. The van der Waals surface area contributed by atoms with Crippen LogP contribution in [0.15, 0.2) is 30.3 Å². The molecule has 2 saturated heterocycles. The molecule has 2 aliphatic rings. The summed E-state index contributed by atoms with van der Waals surface area (Å²) in [6, 6.07) is 9.93. The summed E-state index contributed by atoms with van der Waals surface area (Å²) in [5.74, 6) is 0.205. The number of aliphatic hydroxyl groups excluding tert-OH is 1. The van der Waals surface area contributed by atoms with Gasteiger partial charge in [-0.2, -0.15) is 0 Å². The van der Waals surface area contributed by atoms with E-state index >= 15 is 0 Å². The minimum absolute atomic E-state index is 0. The Morgan fingerprint density at radius 3 is 2.83 bits per heavy atom. The topological polar surface area (TPSA) is 85.4 Å². The maximum absolute atomic E-state index is 12.4. The van der Waals surface area contributed by atoms with Gasteiger partial charge in [-0.25, -0.2) is 5.43 Å². The highest BCUT2D eigenvalue weighted by Crippen LogP contribution is 2.20. The number of piperidine rings is 1. The fourth-order valence-corrected chi connectivity index (χ4v) is 3.32. The van der Waals surface area contributed by atoms with Crippen LogP contribution in [0.1, 0.15) is 17.9 Å². The standard InChI is InChI=1S/C16H24N4O2.ClH/c21-10-12(11-4-2-1-3-5-11)8-18-16(22)15-13-9-17-7-6-14(13)19-20-15;/h1-5,12-15,17,19-21H,6-10H2,(H,18,22);1H. The van der Waals surface area contributed by atoms with E-state index < -0.39 is 0 Å². The molecule has 1 amide bonds. The molecule has 2 heterocycles. The van der Waals surface area contributed by atoms with E-state index in [0.29, 0.717) is 12.6 Å². The zero-order chi connectivity index (χ0) is 15.4. The molecule has 1 aromatic rings. The molecular weight excluding hydrogens is 316 g/mol. The van der Waals surface area contributed by atoms with Crippen molar-refractivity contribution in [3.05, 3.63) is 35.9 Å². The van der Waals surface area contributed by atoms with E-state index in [4.69, 9.17) is 0 Å². The zero-order valence-corrected chi connectivity index (χ0v) is 13.8.